The molecule has 0 bridgehead atoms. The van der Waals surface area contributed by atoms with Crippen LogP contribution in [-0.2, 0) is 0 Å². The summed E-state index contributed by atoms with van der Waals surface area (Å²) in [7, 11) is 0. The average Bonchev–Trinajstić information content (AvgIpc) is 2.19. The van der Waals surface area contributed by atoms with Gasteiger partial charge in [-0.2, -0.15) is 0 Å². The van der Waals surface area contributed by atoms with Crippen molar-refractivity contribution in [2.45, 2.75) is 6.92 Å². The summed E-state index contributed by atoms with van der Waals surface area (Å²) in [4.78, 5) is 10.9. The van der Waals surface area contributed by atoms with Crippen LogP contribution < -0.4 is 5.73 Å². The van der Waals surface area contributed by atoms with Crippen molar-refractivity contribution in [2.24, 2.45) is 5.73 Å². The van der Waals surface area contributed by atoms with E-state index in [9.17, 15) is 4.79 Å². The van der Waals surface area contributed by atoms with Gasteiger partial charge in [0.2, 0.25) is 0 Å². The fourth-order valence-corrected chi connectivity index (χ4v) is 0.856. The van der Waals surface area contributed by atoms with Crippen LogP contribution in [0.25, 0.3) is 0 Å². The molecule has 2 N–H and O–H groups in total. The molecule has 0 aromatic heterocycles. The minimum atomic E-state index is -0.0257. The fraction of sp³-hybridized carbons (Fsp3) is 0.300. The van der Waals surface area contributed by atoms with E-state index < -0.39 is 0 Å². The van der Waals surface area contributed by atoms with E-state index in [-0.39, 0.29) is 11.7 Å². The summed E-state index contributed by atoms with van der Waals surface area (Å²) in [5.74, 6) is 0.0339. The number of ketones is 1. The second-order valence-corrected chi connectivity index (χ2v) is 2.60. The van der Waals surface area contributed by atoms with Gasteiger partial charge in [-0.3, -0.25) is 4.79 Å². The van der Waals surface area contributed by atoms with Crippen molar-refractivity contribution in [1.29, 1.82) is 0 Å². The number of hydrogen-bond donors (Lipinski definition) is 1. The summed E-state index contributed by atoms with van der Waals surface area (Å²) < 4.78 is 0. The van der Waals surface area contributed by atoms with E-state index in [2.05, 4.69) is 0 Å². The van der Waals surface area contributed by atoms with Gasteiger partial charge in [0.15, 0.2) is 5.78 Å². The first-order valence-corrected chi connectivity index (χ1v) is 4.64. The number of carbonyl (C=O) groups excluding carboxylic acids is 1. The summed E-state index contributed by atoms with van der Waals surface area (Å²) in [5.41, 5.74) is 5.53. The van der Waals surface area contributed by atoms with Gasteiger partial charge < -0.3 is 5.73 Å². The standard InChI is InChI=1S/C8H7ClO.C2H7N/c9-6-8(10)7-4-2-1-3-5-7;1-2-3/h1-5H,6H2;2-3H2,1H3. The minimum absolute atomic E-state index is 0.0257. The minimum Gasteiger partial charge on any atom is -0.331 e. The van der Waals surface area contributed by atoms with Crippen LogP contribution in [0.4, 0.5) is 0 Å². The maximum Gasteiger partial charge on any atom is 0.177 e. The largest absolute Gasteiger partial charge is 0.331 e. The Balaban J connectivity index is 0.000000424. The van der Waals surface area contributed by atoms with E-state index >= 15 is 0 Å². The Hall–Kier alpha value is -0.860. The Morgan fingerprint density at radius 3 is 2.23 bits per heavy atom. The van der Waals surface area contributed by atoms with Gasteiger partial charge in [-0.15, -0.1) is 11.6 Å². The van der Waals surface area contributed by atoms with Crippen molar-refractivity contribution < 1.29 is 4.79 Å². The molecule has 0 amide bonds. The molecule has 0 atom stereocenters. The molecule has 0 unspecified atom stereocenters. The highest BCUT2D eigenvalue weighted by Gasteiger charge is 1.99. The van der Waals surface area contributed by atoms with Crippen LogP contribution in [-0.4, -0.2) is 18.2 Å². The Morgan fingerprint density at radius 1 is 1.38 bits per heavy atom. The molecule has 13 heavy (non-hydrogen) atoms. The SMILES string of the molecule is CCN.O=C(CCl)c1ccccc1. The van der Waals surface area contributed by atoms with E-state index in [0.717, 1.165) is 6.54 Å². The molecule has 0 spiro atoms. The molecule has 0 heterocycles. The van der Waals surface area contributed by atoms with Gasteiger partial charge >= 0.3 is 0 Å². The van der Waals surface area contributed by atoms with Crippen molar-refractivity contribution in [3.63, 3.8) is 0 Å². The highest BCUT2D eigenvalue weighted by molar-refractivity contribution is 6.30. The Morgan fingerprint density at radius 2 is 1.85 bits per heavy atom. The summed E-state index contributed by atoms with van der Waals surface area (Å²) in [6.07, 6.45) is 0. The van der Waals surface area contributed by atoms with Crippen LogP contribution in [0.15, 0.2) is 30.3 Å². The second-order valence-electron chi connectivity index (χ2n) is 2.33. The summed E-state index contributed by atoms with van der Waals surface area (Å²) >= 11 is 5.34. The zero-order valence-electron chi connectivity index (χ0n) is 7.66. The molecule has 1 aromatic carbocycles. The second kappa shape index (κ2) is 7.77. The van der Waals surface area contributed by atoms with Crippen LogP contribution in [0.1, 0.15) is 17.3 Å². The first-order chi connectivity index (χ1) is 6.26. The highest BCUT2D eigenvalue weighted by atomic mass is 35.5. The normalized spacial score (nSPS) is 8.54. The van der Waals surface area contributed by atoms with Crippen LogP contribution in [0, 0.1) is 0 Å². The molecule has 0 fully saturated rings. The summed E-state index contributed by atoms with van der Waals surface area (Å²) in [6, 6.07) is 9.01. The van der Waals surface area contributed by atoms with E-state index in [1.54, 1.807) is 12.1 Å². The molecule has 72 valence electrons. The van der Waals surface area contributed by atoms with Crippen LogP contribution in [0.2, 0.25) is 0 Å². The molecular weight excluding hydrogens is 186 g/mol. The zero-order valence-corrected chi connectivity index (χ0v) is 8.42. The summed E-state index contributed by atoms with van der Waals surface area (Å²) in [5, 5.41) is 0. The number of Topliss-reactive ketones (excluding diaryl/α,β-unsaturated/α-hetero) is 1. The van der Waals surface area contributed by atoms with Gasteiger partial charge in [0.05, 0.1) is 5.88 Å². The summed E-state index contributed by atoms with van der Waals surface area (Å²) in [6.45, 7) is 2.65. The van der Waals surface area contributed by atoms with E-state index in [0.29, 0.717) is 5.56 Å². The first-order valence-electron chi connectivity index (χ1n) is 4.10. The van der Waals surface area contributed by atoms with Crippen LogP contribution in [0.3, 0.4) is 0 Å². The van der Waals surface area contributed by atoms with E-state index in [1.165, 1.54) is 0 Å². The van der Waals surface area contributed by atoms with Gasteiger partial charge in [0.25, 0.3) is 0 Å². The number of benzene rings is 1. The Labute approximate surface area is 83.7 Å². The van der Waals surface area contributed by atoms with Crippen LogP contribution in [0.5, 0.6) is 0 Å². The first kappa shape index (κ1) is 12.1. The average molecular weight is 200 g/mol. The number of nitrogens with two attached hydrogens (primary N) is 1. The lowest BCUT2D eigenvalue weighted by atomic mass is 10.2. The third-order valence-electron chi connectivity index (χ3n) is 1.22. The van der Waals surface area contributed by atoms with Crippen molar-refractivity contribution in [1.82, 2.24) is 0 Å². The maximum absolute atomic E-state index is 10.9. The third-order valence-corrected chi connectivity index (χ3v) is 1.46. The molecule has 0 aliphatic carbocycles. The lowest BCUT2D eigenvalue weighted by molar-refractivity contribution is 0.102. The number of alkyl halides is 1. The van der Waals surface area contributed by atoms with E-state index in [4.69, 9.17) is 17.3 Å². The quantitative estimate of drug-likeness (QED) is 0.586. The Kier molecular flexibility index (Phi) is 7.26. The smallest absolute Gasteiger partial charge is 0.177 e. The van der Waals surface area contributed by atoms with Crippen LogP contribution >= 0.6 is 11.6 Å². The van der Waals surface area contributed by atoms with Gasteiger partial charge in [0.1, 0.15) is 0 Å². The fourth-order valence-electron chi connectivity index (χ4n) is 0.701. The maximum atomic E-state index is 10.9. The lowest BCUT2D eigenvalue weighted by Crippen LogP contribution is -1.98. The molecular formula is C10H14ClNO. The van der Waals surface area contributed by atoms with Gasteiger partial charge in [0, 0.05) is 5.56 Å². The monoisotopic (exact) mass is 199 g/mol. The number of rotatable bonds is 2. The highest BCUT2D eigenvalue weighted by Crippen LogP contribution is 2.00. The number of halogens is 1. The Bertz CT molecular complexity index is 236. The van der Waals surface area contributed by atoms with Gasteiger partial charge in [-0.1, -0.05) is 37.3 Å². The predicted molar refractivity (Wildman–Crippen MR) is 56.2 cm³/mol. The van der Waals surface area contributed by atoms with Crippen molar-refractivity contribution >= 4 is 17.4 Å². The topological polar surface area (TPSA) is 43.1 Å². The molecule has 0 aliphatic rings. The zero-order chi connectivity index (χ0) is 10.1. The predicted octanol–water partition coefficient (Wildman–Crippen LogP) is 2.07. The molecule has 1 rings (SSSR count). The molecule has 3 heteroatoms. The van der Waals surface area contributed by atoms with Crippen molar-refractivity contribution in [3.8, 4) is 0 Å². The molecule has 0 saturated carbocycles. The number of hydrogen-bond acceptors (Lipinski definition) is 2. The van der Waals surface area contributed by atoms with E-state index in [1.807, 2.05) is 25.1 Å². The van der Waals surface area contributed by atoms with Crippen molar-refractivity contribution in [3.05, 3.63) is 35.9 Å². The molecule has 1 aromatic rings. The van der Waals surface area contributed by atoms with Gasteiger partial charge in [-0.05, 0) is 6.54 Å². The molecule has 2 nitrogen and oxygen atoms in total. The third kappa shape index (κ3) is 5.39. The number of carbonyl (C=O) groups is 1. The van der Waals surface area contributed by atoms with Crippen molar-refractivity contribution in [2.75, 3.05) is 12.4 Å². The molecule has 0 aliphatic heterocycles. The molecule has 0 radical (unpaired) electrons. The lowest BCUT2D eigenvalue weighted by Gasteiger charge is -1.92. The molecule has 0 saturated heterocycles. The van der Waals surface area contributed by atoms with Gasteiger partial charge in [-0.25, -0.2) is 0 Å².